The first-order valence-electron chi connectivity index (χ1n) is 10.6. The van der Waals surface area contributed by atoms with Gasteiger partial charge in [-0.25, -0.2) is 0 Å². The molecule has 1 aliphatic heterocycles. The smallest absolute Gasteiger partial charge is 0.226 e. The van der Waals surface area contributed by atoms with E-state index in [9.17, 15) is 9.59 Å². The molecule has 1 saturated heterocycles. The molecule has 2 rings (SSSR count). The molecular weight excluding hydrogens is 340 g/mol. The molecule has 1 aliphatic rings. The third-order valence-corrected chi connectivity index (χ3v) is 5.72. The first-order valence-corrected chi connectivity index (χ1v) is 10.6. The van der Waals surface area contributed by atoms with Gasteiger partial charge >= 0.3 is 0 Å². The fourth-order valence-corrected chi connectivity index (χ4v) is 3.72. The Morgan fingerprint density at radius 1 is 1.30 bits per heavy atom. The molecule has 0 radical (unpaired) electrons. The molecule has 1 unspecified atom stereocenters. The van der Waals surface area contributed by atoms with Crippen LogP contribution in [-0.2, 0) is 16.1 Å². The Kier molecular flexibility index (Phi) is 8.89. The lowest BCUT2D eigenvalue weighted by atomic mass is 9.97. The molecule has 1 aromatic rings. The molecule has 1 fully saturated rings. The van der Waals surface area contributed by atoms with E-state index in [0.29, 0.717) is 25.4 Å². The SMILES string of the molecule is CCCCC(CC)C(=O)N(CCC(=O)N1CCC(C)CC1)Cc1ccco1. The molecule has 5 heteroatoms. The van der Waals surface area contributed by atoms with Crippen molar-refractivity contribution in [1.82, 2.24) is 9.80 Å². The van der Waals surface area contributed by atoms with Crippen LogP contribution >= 0.6 is 0 Å². The van der Waals surface area contributed by atoms with Crippen LogP contribution in [0.25, 0.3) is 0 Å². The monoisotopic (exact) mass is 376 g/mol. The van der Waals surface area contributed by atoms with Crippen LogP contribution in [0.15, 0.2) is 22.8 Å². The molecule has 5 nitrogen and oxygen atoms in total. The van der Waals surface area contributed by atoms with E-state index in [4.69, 9.17) is 4.42 Å². The van der Waals surface area contributed by atoms with Gasteiger partial charge in [-0.2, -0.15) is 0 Å². The average molecular weight is 377 g/mol. The van der Waals surface area contributed by atoms with Crippen molar-refractivity contribution in [2.24, 2.45) is 11.8 Å². The number of piperidine rings is 1. The van der Waals surface area contributed by atoms with Gasteiger partial charge in [0.05, 0.1) is 12.8 Å². The fraction of sp³-hybridized carbons (Fsp3) is 0.727. The van der Waals surface area contributed by atoms with Crippen LogP contribution in [0, 0.1) is 11.8 Å². The summed E-state index contributed by atoms with van der Waals surface area (Å²) < 4.78 is 5.45. The molecule has 1 aromatic heterocycles. The van der Waals surface area contributed by atoms with Crippen LogP contribution in [0.5, 0.6) is 0 Å². The number of hydrogen-bond donors (Lipinski definition) is 0. The maximum absolute atomic E-state index is 13.1. The summed E-state index contributed by atoms with van der Waals surface area (Å²) in [6.07, 6.45) is 8.09. The summed E-state index contributed by atoms with van der Waals surface area (Å²) in [5, 5.41) is 0. The third kappa shape index (κ3) is 6.71. The first-order chi connectivity index (χ1) is 13.0. The highest BCUT2D eigenvalue weighted by atomic mass is 16.3. The molecule has 0 N–H and O–H groups in total. The van der Waals surface area contributed by atoms with Crippen LogP contribution < -0.4 is 0 Å². The zero-order valence-corrected chi connectivity index (χ0v) is 17.3. The van der Waals surface area contributed by atoms with Crippen molar-refractivity contribution >= 4 is 11.8 Å². The molecule has 0 bridgehead atoms. The van der Waals surface area contributed by atoms with Crippen molar-refractivity contribution < 1.29 is 14.0 Å². The van der Waals surface area contributed by atoms with Gasteiger partial charge in [0.2, 0.25) is 11.8 Å². The Bertz CT molecular complexity index is 562. The summed E-state index contributed by atoms with van der Waals surface area (Å²) in [5.41, 5.74) is 0. The van der Waals surface area contributed by atoms with Crippen LogP contribution in [0.2, 0.25) is 0 Å². The summed E-state index contributed by atoms with van der Waals surface area (Å²) in [5.74, 6) is 1.83. The van der Waals surface area contributed by atoms with Crippen LogP contribution in [0.3, 0.4) is 0 Å². The molecule has 2 heterocycles. The van der Waals surface area contributed by atoms with Crippen LogP contribution in [0.4, 0.5) is 0 Å². The van der Waals surface area contributed by atoms with Crippen molar-refractivity contribution in [2.75, 3.05) is 19.6 Å². The second kappa shape index (κ2) is 11.2. The molecule has 152 valence electrons. The molecule has 2 amide bonds. The minimum atomic E-state index is 0.0332. The molecular formula is C22H36N2O3. The third-order valence-electron chi connectivity index (χ3n) is 5.72. The van der Waals surface area contributed by atoms with Gasteiger partial charge < -0.3 is 14.2 Å². The maximum atomic E-state index is 13.1. The van der Waals surface area contributed by atoms with Gasteiger partial charge in [-0.1, -0.05) is 33.6 Å². The topological polar surface area (TPSA) is 53.8 Å². The van der Waals surface area contributed by atoms with Crippen molar-refractivity contribution in [2.45, 2.75) is 72.3 Å². The molecule has 0 spiro atoms. The first kappa shape index (κ1) is 21.5. The predicted octanol–water partition coefficient (Wildman–Crippen LogP) is 4.47. The van der Waals surface area contributed by atoms with Gasteiger partial charge in [-0.05, 0) is 43.7 Å². The second-order valence-electron chi connectivity index (χ2n) is 7.90. The summed E-state index contributed by atoms with van der Waals surface area (Å²) in [6, 6.07) is 3.73. The van der Waals surface area contributed by atoms with Crippen molar-refractivity contribution in [3.05, 3.63) is 24.2 Å². The fourth-order valence-electron chi connectivity index (χ4n) is 3.72. The van der Waals surface area contributed by atoms with Gasteiger partial charge in [-0.3, -0.25) is 9.59 Å². The Morgan fingerprint density at radius 2 is 2.04 bits per heavy atom. The summed E-state index contributed by atoms with van der Waals surface area (Å²) in [7, 11) is 0. The summed E-state index contributed by atoms with van der Waals surface area (Å²) >= 11 is 0. The lowest BCUT2D eigenvalue weighted by Gasteiger charge is -2.31. The van der Waals surface area contributed by atoms with E-state index in [2.05, 4.69) is 20.8 Å². The normalized spacial score (nSPS) is 16.3. The van der Waals surface area contributed by atoms with E-state index in [1.54, 1.807) is 6.26 Å². The van der Waals surface area contributed by atoms with Crippen molar-refractivity contribution in [3.63, 3.8) is 0 Å². The number of carbonyl (C=O) groups is 2. The Hall–Kier alpha value is -1.78. The highest BCUT2D eigenvalue weighted by molar-refractivity contribution is 5.80. The number of unbranched alkanes of at least 4 members (excludes halogenated alkanes) is 1. The van der Waals surface area contributed by atoms with E-state index < -0.39 is 0 Å². The molecule has 0 aromatic carbocycles. The Labute approximate surface area is 164 Å². The lowest BCUT2D eigenvalue weighted by molar-refractivity contribution is -0.138. The maximum Gasteiger partial charge on any atom is 0.226 e. The zero-order chi connectivity index (χ0) is 19.6. The molecule has 0 aliphatic carbocycles. The number of hydrogen-bond acceptors (Lipinski definition) is 3. The quantitative estimate of drug-likeness (QED) is 0.605. The van der Waals surface area contributed by atoms with Crippen LogP contribution in [-0.4, -0.2) is 41.2 Å². The highest BCUT2D eigenvalue weighted by Crippen LogP contribution is 2.20. The summed E-state index contributed by atoms with van der Waals surface area (Å²) in [4.78, 5) is 29.5. The Morgan fingerprint density at radius 3 is 2.63 bits per heavy atom. The standard InChI is InChI=1S/C22H36N2O3/c1-4-6-8-19(5-2)22(26)24(17-20-9-7-16-27-20)15-12-21(25)23-13-10-18(3)11-14-23/h7,9,16,18-19H,4-6,8,10-15,17H2,1-3H3. The van der Waals surface area contributed by atoms with Gasteiger partial charge in [0, 0.05) is 32.0 Å². The zero-order valence-electron chi connectivity index (χ0n) is 17.3. The van der Waals surface area contributed by atoms with Gasteiger partial charge in [0.15, 0.2) is 0 Å². The number of carbonyl (C=O) groups excluding carboxylic acids is 2. The van der Waals surface area contributed by atoms with Crippen molar-refractivity contribution in [1.29, 1.82) is 0 Å². The number of amides is 2. The number of nitrogens with zero attached hydrogens (tertiary/aromatic N) is 2. The van der Waals surface area contributed by atoms with E-state index in [-0.39, 0.29) is 17.7 Å². The summed E-state index contributed by atoms with van der Waals surface area (Å²) in [6.45, 7) is 9.07. The number of rotatable bonds is 10. The van der Waals surface area contributed by atoms with E-state index in [0.717, 1.165) is 57.4 Å². The van der Waals surface area contributed by atoms with Crippen molar-refractivity contribution in [3.8, 4) is 0 Å². The van der Waals surface area contributed by atoms with Crippen LogP contribution in [0.1, 0.15) is 71.5 Å². The number of likely N-dealkylation sites (tertiary alicyclic amines) is 1. The molecule has 0 saturated carbocycles. The van der Waals surface area contributed by atoms with Gasteiger partial charge in [0.1, 0.15) is 5.76 Å². The van der Waals surface area contributed by atoms with Gasteiger partial charge in [-0.15, -0.1) is 0 Å². The predicted molar refractivity (Wildman–Crippen MR) is 107 cm³/mol. The minimum absolute atomic E-state index is 0.0332. The van der Waals surface area contributed by atoms with E-state index in [1.807, 2.05) is 21.9 Å². The van der Waals surface area contributed by atoms with Gasteiger partial charge in [0.25, 0.3) is 0 Å². The Balaban J connectivity index is 1.96. The minimum Gasteiger partial charge on any atom is -0.467 e. The number of furan rings is 1. The second-order valence-corrected chi connectivity index (χ2v) is 7.90. The largest absolute Gasteiger partial charge is 0.467 e. The van der Waals surface area contributed by atoms with E-state index >= 15 is 0 Å². The average Bonchev–Trinajstić information content (AvgIpc) is 3.19. The molecule has 27 heavy (non-hydrogen) atoms. The van der Waals surface area contributed by atoms with E-state index in [1.165, 1.54) is 0 Å². The lowest BCUT2D eigenvalue weighted by Crippen LogP contribution is -2.41. The molecule has 1 atom stereocenters. The highest BCUT2D eigenvalue weighted by Gasteiger charge is 2.26.